The van der Waals surface area contributed by atoms with Gasteiger partial charge in [0.2, 0.25) is 5.88 Å². The summed E-state index contributed by atoms with van der Waals surface area (Å²) in [5.74, 6) is 0.384. The highest BCUT2D eigenvalue weighted by Crippen LogP contribution is 2.25. The molecule has 0 radical (unpaired) electrons. The first-order valence-corrected chi connectivity index (χ1v) is 6.55. The fourth-order valence-corrected chi connectivity index (χ4v) is 1.83. The quantitative estimate of drug-likeness (QED) is 0.816. The van der Waals surface area contributed by atoms with E-state index in [0.717, 1.165) is 6.54 Å². The molecule has 0 saturated heterocycles. The first kappa shape index (κ1) is 14.0. The van der Waals surface area contributed by atoms with Crippen molar-refractivity contribution in [2.24, 2.45) is 0 Å². The monoisotopic (exact) mass is 273 g/mol. The fraction of sp³-hybridized carbons (Fsp3) is 0.357. The highest BCUT2D eigenvalue weighted by Gasteiger charge is 2.18. The van der Waals surface area contributed by atoms with Crippen LogP contribution in [-0.4, -0.2) is 26.6 Å². The van der Waals surface area contributed by atoms with Gasteiger partial charge in [0.1, 0.15) is 0 Å². The van der Waals surface area contributed by atoms with Crippen molar-refractivity contribution in [2.75, 3.05) is 5.73 Å². The van der Waals surface area contributed by atoms with Crippen molar-refractivity contribution in [2.45, 2.75) is 33.4 Å². The van der Waals surface area contributed by atoms with E-state index in [4.69, 9.17) is 15.9 Å². The molecule has 0 aliphatic heterocycles. The molecule has 3 N–H and O–H groups in total. The number of nitrogens with one attached hydrogen (secondary N) is 1. The molecule has 2 rings (SSSR count). The Balaban J connectivity index is 2.42. The van der Waals surface area contributed by atoms with Gasteiger partial charge in [0.05, 0.1) is 23.6 Å². The van der Waals surface area contributed by atoms with Gasteiger partial charge in [-0.05, 0) is 26.8 Å². The van der Waals surface area contributed by atoms with Crippen molar-refractivity contribution in [3.63, 3.8) is 0 Å². The second-order valence-corrected chi connectivity index (χ2v) is 4.71. The highest BCUT2D eigenvalue weighted by atomic mass is 16.5. The molecule has 6 heteroatoms. The average Bonchev–Trinajstić information content (AvgIpc) is 2.86. The number of pyridine rings is 1. The molecule has 106 valence electrons. The first-order chi connectivity index (χ1) is 9.52. The molecule has 0 unspecified atom stereocenters. The van der Waals surface area contributed by atoms with Crippen LogP contribution in [0, 0.1) is 5.41 Å². The largest absolute Gasteiger partial charge is 0.474 e. The average molecular weight is 273 g/mol. The Labute approximate surface area is 118 Å². The lowest BCUT2D eigenvalue weighted by Crippen LogP contribution is -2.14. The molecular weight excluding hydrogens is 254 g/mol. The Hall–Kier alpha value is -2.37. The van der Waals surface area contributed by atoms with Gasteiger partial charge in [0, 0.05) is 30.2 Å². The molecule has 2 aromatic heterocycles. The summed E-state index contributed by atoms with van der Waals surface area (Å²) in [4.78, 5) is 4.18. The van der Waals surface area contributed by atoms with Crippen LogP contribution in [0.2, 0.25) is 0 Å². The van der Waals surface area contributed by atoms with Crippen LogP contribution in [0.25, 0.3) is 0 Å². The number of rotatable bonds is 5. The minimum atomic E-state index is -0.0331. The SMILES string of the molecule is CCn1cc(C(=N)c2c(N)ccnc2OC(C)C)cn1. The molecule has 20 heavy (non-hydrogen) atoms. The number of ether oxygens (including phenoxy) is 1. The number of anilines is 1. The van der Waals surface area contributed by atoms with Crippen molar-refractivity contribution >= 4 is 11.4 Å². The summed E-state index contributed by atoms with van der Waals surface area (Å²) in [7, 11) is 0. The standard InChI is InChI=1S/C14H19N5O/c1-4-19-8-10(7-18-19)13(16)12-11(15)5-6-17-14(12)20-9(2)3/h5-9,16H,4H2,1-3H3,(H2,15,17). The molecular formula is C14H19N5O. The second kappa shape index (κ2) is 5.73. The summed E-state index contributed by atoms with van der Waals surface area (Å²) in [6.45, 7) is 6.57. The van der Waals surface area contributed by atoms with E-state index >= 15 is 0 Å². The summed E-state index contributed by atoms with van der Waals surface area (Å²) >= 11 is 0. The number of aromatic nitrogens is 3. The topological polar surface area (TPSA) is 89.8 Å². The maximum absolute atomic E-state index is 8.33. The zero-order valence-electron chi connectivity index (χ0n) is 11.9. The van der Waals surface area contributed by atoms with Gasteiger partial charge in [0.25, 0.3) is 0 Å². The van der Waals surface area contributed by atoms with Gasteiger partial charge >= 0.3 is 0 Å². The van der Waals surface area contributed by atoms with Crippen molar-refractivity contribution in [1.82, 2.24) is 14.8 Å². The molecule has 6 nitrogen and oxygen atoms in total. The van der Waals surface area contributed by atoms with Crippen molar-refractivity contribution in [3.8, 4) is 5.88 Å². The van der Waals surface area contributed by atoms with Gasteiger partial charge in [-0.25, -0.2) is 4.98 Å². The van der Waals surface area contributed by atoms with Crippen LogP contribution in [0.15, 0.2) is 24.7 Å². The number of nitrogens with zero attached hydrogens (tertiary/aromatic N) is 3. The van der Waals surface area contributed by atoms with Gasteiger partial charge < -0.3 is 10.5 Å². The lowest BCUT2D eigenvalue weighted by atomic mass is 10.1. The molecule has 0 saturated carbocycles. The third kappa shape index (κ3) is 2.79. The summed E-state index contributed by atoms with van der Waals surface area (Å²) in [5, 5.41) is 12.5. The number of nitrogen functional groups attached to an aromatic ring is 1. The molecule has 0 aromatic carbocycles. The summed E-state index contributed by atoms with van der Waals surface area (Å²) in [6.07, 6.45) is 5.01. The molecule has 0 aliphatic carbocycles. The van der Waals surface area contributed by atoms with Crippen LogP contribution in [-0.2, 0) is 6.54 Å². The number of hydrogen-bond acceptors (Lipinski definition) is 5. The van der Waals surface area contributed by atoms with Crippen LogP contribution in [0.1, 0.15) is 31.9 Å². The maximum atomic E-state index is 8.33. The molecule has 0 fully saturated rings. The van der Waals surface area contributed by atoms with E-state index in [1.165, 1.54) is 0 Å². The van der Waals surface area contributed by atoms with Crippen molar-refractivity contribution < 1.29 is 4.74 Å². The lowest BCUT2D eigenvalue weighted by Gasteiger charge is -2.14. The molecule has 2 aromatic rings. The first-order valence-electron chi connectivity index (χ1n) is 6.55. The van der Waals surface area contributed by atoms with E-state index in [2.05, 4.69) is 10.1 Å². The minimum Gasteiger partial charge on any atom is -0.474 e. The van der Waals surface area contributed by atoms with Gasteiger partial charge in [0.15, 0.2) is 0 Å². The normalized spacial score (nSPS) is 10.8. The lowest BCUT2D eigenvalue weighted by molar-refractivity contribution is 0.232. The van der Waals surface area contributed by atoms with Gasteiger partial charge in [-0.15, -0.1) is 0 Å². The predicted octanol–water partition coefficient (Wildman–Crippen LogP) is 2.08. The van der Waals surface area contributed by atoms with Gasteiger partial charge in [-0.1, -0.05) is 0 Å². The number of nitrogens with two attached hydrogens (primary N) is 1. The van der Waals surface area contributed by atoms with Crippen molar-refractivity contribution in [1.29, 1.82) is 5.41 Å². The Kier molecular flexibility index (Phi) is 4.02. The van der Waals surface area contributed by atoms with E-state index in [1.54, 1.807) is 23.1 Å². The fourth-order valence-electron chi connectivity index (χ4n) is 1.83. The van der Waals surface area contributed by atoms with E-state index in [-0.39, 0.29) is 11.8 Å². The second-order valence-electron chi connectivity index (χ2n) is 4.71. The van der Waals surface area contributed by atoms with Gasteiger partial charge in [-0.3, -0.25) is 10.1 Å². The molecule has 0 atom stereocenters. The maximum Gasteiger partial charge on any atom is 0.225 e. The van der Waals surface area contributed by atoms with Crippen LogP contribution in [0.5, 0.6) is 5.88 Å². The molecule has 0 amide bonds. The van der Waals surface area contributed by atoms with Crippen LogP contribution in [0.3, 0.4) is 0 Å². The molecule has 0 aliphatic rings. The Morgan fingerprint density at radius 2 is 2.25 bits per heavy atom. The van der Waals surface area contributed by atoms with E-state index in [1.807, 2.05) is 27.0 Å². The third-order valence-corrected chi connectivity index (χ3v) is 2.79. The Morgan fingerprint density at radius 3 is 2.85 bits per heavy atom. The predicted molar refractivity (Wildman–Crippen MR) is 78.2 cm³/mol. The zero-order valence-corrected chi connectivity index (χ0v) is 11.9. The summed E-state index contributed by atoms with van der Waals surface area (Å²) in [6, 6.07) is 1.67. The summed E-state index contributed by atoms with van der Waals surface area (Å²) < 4.78 is 7.41. The molecule has 0 bridgehead atoms. The van der Waals surface area contributed by atoms with Crippen LogP contribution < -0.4 is 10.5 Å². The van der Waals surface area contributed by atoms with Crippen LogP contribution in [0.4, 0.5) is 5.69 Å². The summed E-state index contributed by atoms with van der Waals surface area (Å²) in [5.41, 5.74) is 7.94. The minimum absolute atomic E-state index is 0.0331. The van der Waals surface area contributed by atoms with E-state index in [9.17, 15) is 0 Å². The molecule has 0 spiro atoms. The van der Waals surface area contributed by atoms with Gasteiger partial charge in [-0.2, -0.15) is 5.10 Å². The number of hydrogen-bond donors (Lipinski definition) is 2. The van der Waals surface area contributed by atoms with Crippen molar-refractivity contribution in [3.05, 3.63) is 35.8 Å². The molecule has 2 heterocycles. The zero-order chi connectivity index (χ0) is 14.7. The van der Waals surface area contributed by atoms with E-state index in [0.29, 0.717) is 22.7 Å². The highest BCUT2D eigenvalue weighted by molar-refractivity contribution is 6.15. The Bertz CT molecular complexity index is 618. The smallest absolute Gasteiger partial charge is 0.225 e. The Morgan fingerprint density at radius 1 is 1.50 bits per heavy atom. The van der Waals surface area contributed by atoms with Crippen LogP contribution >= 0.6 is 0 Å². The number of aryl methyl sites for hydroxylation is 1. The third-order valence-electron chi connectivity index (χ3n) is 2.79. The van der Waals surface area contributed by atoms with E-state index < -0.39 is 0 Å².